The number of hydrogen-bond acceptors (Lipinski definition) is 5. The van der Waals surface area contributed by atoms with E-state index in [4.69, 9.17) is 5.26 Å². The second-order valence-electron chi connectivity index (χ2n) is 6.21. The molecule has 0 fully saturated rings. The lowest BCUT2D eigenvalue weighted by Crippen LogP contribution is -2.50. The summed E-state index contributed by atoms with van der Waals surface area (Å²) in [6, 6.07) is 12.1. The zero-order valence-corrected chi connectivity index (χ0v) is 15.4. The summed E-state index contributed by atoms with van der Waals surface area (Å²) in [6.45, 7) is 7.50. The molecule has 6 heteroatoms. The van der Waals surface area contributed by atoms with Gasteiger partial charge in [-0.1, -0.05) is 26.0 Å². The van der Waals surface area contributed by atoms with Crippen LogP contribution in [0.2, 0.25) is 0 Å². The smallest absolute Gasteiger partial charge is 0.240 e. The largest absolute Gasteiger partial charge is 0.375 e. The van der Waals surface area contributed by atoms with Crippen LogP contribution in [0.4, 0.5) is 5.69 Å². The predicted octanol–water partition coefficient (Wildman–Crippen LogP) is 3.40. The summed E-state index contributed by atoms with van der Waals surface area (Å²) >= 11 is 1.58. The Balaban J connectivity index is 2.66. The molecule has 0 spiro atoms. The van der Waals surface area contributed by atoms with Crippen LogP contribution in [0, 0.1) is 34.5 Å². The molecule has 2 atom stereocenters. The number of hydrogen-bond donors (Lipinski definition) is 2. The number of rotatable bonds is 8. The van der Waals surface area contributed by atoms with Gasteiger partial charge < -0.3 is 10.6 Å². The summed E-state index contributed by atoms with van der Waals surface area (Å²) in [5, 5.41) is 24.0. The number of anilines is 1. The fraction of sp³-hybridized carbons (Fsp3) is 0.500. The molecule has 128 valence electrons. The van der Waals surface area contributed by atoms with Gasteiger partial charge in [-0.25, -0.2) is 0 Å². The van der Waals surface area contributed by atoms with E-state index in [9.17, 15) is 10.1 Å². The molecule has 0 unspecified atom stereocenters. The molecule has 0 heterocycles. The van der Waals surface area contributed by atoms with Crippen LogP contribution >= 0.6 is 11.8 Å². The molecular formula is C18H24N4OS. The van der Waals surface area contributed by atoms with E-state index in [2.05, 4.69) is 22.8 Å². The van der Waals surface area contributed by atoms with Crippen molar-refractivity contribution in [3.8, 4) is 12.1 Å². The maximum Gasteiger partial charge on any atom is 0.240 e. The first-order valence-corrected chi connectivity index (χ1v) is 8.88. The van der Waals surface area contributed by atoms with Crippen LogP contribution in [-0.2, 0) is 4.79 Å². The molecule has 1 aromatic rings. The van der Waals surface area contributed by atoms with Crippen molar-refractivity contribution in [1.29, 1.82) is 10.5 Å². The Kier molecular flexibility index (Phi) is 7.61. The molecular weight excluding hydrogens is 320 g/mol. The zero-order chi connectivity index (χ0) is 18.2. The third kappa shape index (κ3) is 5.79. The molecule has 0 aliphatic carbocycles. The fourth-order valence-electron chi connectivity index (χ4n) is 1.80. The lowest BCUT2D eigenvalue weighted by atomic mass is 9.90. The van der Waals surface area contributed by atoms with Crippen LogP contribution in [0.3, 0.4) is 0 Å². The summed E-state index contributed by atoms with van der Waals surface area (Å²) in [7, 11) is 0. The molecule has 2 N–H and O–H groups in total. The van der Waals surface area contributed by atoms with Crippen LogP contribution < -0.4 is 10.6 Å². The SMILES string of the molecule is CC(C)[C@@](C)(C#N)NC(=O)CNc1ccccc1SC[C@H](C)C#N. The van der Waals surface area contributed by atoms with Gasteiger partial charge in [-0.3, -0.25) is 4.79 Å². The molecule has 5 nitrogen and oxygen atoms in total. The molecule has 0 aliphatic rings. The highest BCUT2D eigenvalue weighted by Gasteiger charge is 2.29. The summed E-state index contributed by atoms with van der Waals surface area (Å²) < 4.78 is 0. The number of nitrogens with zero attached hydrogens (tertiary/aromatic N) is 2. The number of carbonyl (C=O) groups excluding carboxylic acids is 1. The Morgan fingerprint density at radius 3 is 2.54 bits per heavy atom. The summed E-state index contributed by atoms with van der Waals surface area (Å²) in [4.78, 5) is 13.1. The number of nitriles is 2. The Labute approximate surface area is 148 Å². The number of amides is 1. The van der Waals surface area contributed by atoms with E-state index in [1.54, 1.807) is 18.7 Å². The van der Waals surface area contributed by atoms with Gasteiger partial charge in [-0.15, -0.1) is 11.8 Å². The molecule has 0 bridgehead atoms. The van der Waals surface area contributed by atoms with Crippen LogP contribution in [0.1, 0.15) is 27.7 Å². The molecule has 0 aromatic heterocycles. The zero-order valence-electron chi connectivity index (χ0n) is 14.6. The van der Waals surface area contributed by atoms with Crippen molar-refractivity contribution in [1.82, 2.24) is 5.32 Å². The Hall–Kier alpha value is -2.18. The molecule has 0 saturated carbocycles. The van der Waals surface area contributed by atoms with Gasteiger partial charge in [0.2, 0.25) is 5.91 Å². The summed E-state index contributed by atoms with van der Waals surface area (Å²) in [6.07, 6.45) is 0. The maximum atomic E-state index is 12.1. The first-order chi connectivity index (χ1) is 11.3. The van der Waals surface area contributed by atoms with E-state index >= 15 is 0 Å². The number of carbonyl (C=O) groups is 1. The Morgan fingerprint density at radius 1 is 1.29 bits per heavy atom. The highest BCUT2D eigenvalue weighted by Crippen LogP contribution is 2.28. The van der Waals surface area contributed by atoms with Gasteiger partial charge in [-0.2, -0.15) is 10.5 Å². The standard InChI is InChI=1S/C18H24N4OS/c1-13(2)18(4,12-20)22-17(23)10-21-15-7-5-6-8-16(15)24-11-14(3)9-19/h5-8,13-14,21H,10-11H2,1-4H3,(H,22,23)/t14-,18-/m1/s1. The number of benzene rings is 1. The third-order valence-corrected chi connectivity index (χ3v) is 5.16. The number of nitrogens with one attached hydrogen (secondary N) is 2. The topological polar surface area (TPSA) is 88.7 Å². The Morgan fingerprint density at radius 2 is 1.96 bits per heavy atom. The lowest BCUT2D eigenvalue weighted by Gasteiger charge is -2.27. The average Bonchev–Trinajstić information content (AvgIpc) is 2.58. The summed E-state index contributed by atoms with van der Waals surface area (Å²) in [5.41, 5.74) is -0.0269. The van der Waals surface area contributed by atoms with Crippen molar-refractivity contribution >= 4 is 23.4 Å². The van der Waals surface area contributed by atoms with Crippen molar-refractivity contribution in [2.24, 2.45) is 11.8 Å². The van der Waals surface area contributed by atoms with Crippen LogP contribution in [-0.4, -0.2) is 23.7 Å². The van der Waals surface area contributed by atoms with Crippen molar-refractivity contribution in [2.75, 3.05) is 17.6 Å². The van der Waals surface area contributed by atoms with E-state index in [1.807, 2.05) is 45.0 Å². The normalized spacial score (nSPS) is 14.1. The van der Waals surface area contributed by atoms with Gasteiger partial charge in [0.1, 0.15) is 5.54 Å². The molecule has 24 heavy (non-hydrogen) atoms. The van der Waals surface area contributed by atoms with E-state index in [0.717, 1.165) is 10.6 Å². The molecule has 0 aliphatic heterocycles. The molecule has 0 saturated heterocycles. The molecule has 1 aromatic carbocycles. The Bertz CT molecular complexity index is 647. The number of thioether (sulfide) groups is 1. The van der Waals surface area contributed by atoms with Crippen molar-refractivity contribution < 1.29 is 4.79 Å². The van der Waals surface area contributed by atoms with Gasteiger partial charge in [0.25, 0.3) is 0 Å². The quantitative estimate of drug-likeness (QED) is 0.706. The van der Waals surface area contributed by atoms with Gasteiger partial charge in [0.15, 0.2) is 0 Å². The van der Waals surface area contributed by atoms with Crippen molar-refractivity contribution in [3.05, 3.63) is 24.3 Å². The minimum Gasteiger partial charge on any atom is -0.375 e. The van der Waals surface area contributed by atoms with Gasteiger partial charge in [-0.05, 0) is 31.9 Å². The predicted molar refractivity (Wildman–Crippen MR) is 97.4 cm³/mol. The van der Waals surface area contributed by atoms with E-state index < -0.39 is 5.54 Å². The minimum atomic E-state index is -0.880. The van der Waals surface area contributed by atoms with Gasteiger partial charge in [0.05, 0.1) is 24.6 Å². The molecule has 1 rings (SSSR count). The van der Waals surface area contributed by atoms with Crippen LogP contribution in [0.5, 0.6) is 0 Å². The van der Waals surface area contributed by atoms with E-state index in [1.165, 1.54) is 0 Å². The monoisotopic (exact) mass is 344 g/mol. The van der Waals surface area contributed by atoms with E-state index in [0.29, 0.717) is 5.75 Å². The highest BCUT2D eigenvalue weighted by molar-refractivity contribution is 7.99. The summed E-state index contributed by atoms with van der Waals surface area (Å²) in [5.74, 6) is 0.453. The van der Waals surface area contributed by atoms with Crippen LogP contribution in [0.25, 0.3) is 0 Å². The first kappa shape index (κ1) is 19.9. The minimum absolute atomic E-state index is 0.0155. The maximum absolute atomic E-state index is 12.1. The third-order valence-electron chi connectivity index (χ3n) is 3.82. The van der Waals surface area contributed by atoms with Gasteiger partial charge in [0, 0.05) is 16.3 Å². The van der Waals surface area contributed by atoms with E-state index in [-0.39, 0.29) is 24.3 Å². The second-order valence-corrected chi connectivity index (χ2v) is 7.27. The highest BCUT2D eigenvalue weighted by atomic mass is 32.2. The molecule has 0 radical (unpaired) electrons. The first-order valence-electron chi connectivity index (χ1n) is 7.90. The lowest BCUT2D eigenvalue weighted by molar-refractivity contribution is -0.121. The van der Waals surface area contributed by atoms with Crippen molar-refractivity contribution in [3.63, 3.8) is 0 Å². The van der Waals surface area contributed by atoms with Crippen molar-refractivity contribution in [2.45, 2.75) is 38.1 Å². The number of para-hydroxylation sites is 1. The second kappa shape index (κ2) is 9.20. The van der Waals surface area contributed by atoms with Crippen LogP contribution in [0.15, 0.2) is 29.2 Å². The van der Waals surface area contributed by atoms with Gasteiger partial charge >= 0.3 is 0 Å². The fourth-order valence-corrected chi connectivity index (χ4v) is 2.78. The average molecular weight is 344 g/mol. The molecule has 1 amide bonds.